The molecule has 78 valence electrons. The summed E-state index contributed by atoms with van der Waals surface area (Å²) < 4.78 is 40.6. The molecule has 0 aliphatic heterocycles. The molecule has 1 heterocycles. The van der Waals surface area contributed by atoms with E-state index in [1.807, 2.05) is 0 Å². The molecule has 0 saturated heterocycles. The Bertz CT molecular complexity index is 335. The van der Waals surface area contributed by atoms with Crippen molar-refractivity contribution in [3.8, 4) is 0 Å². The maximum absolute atomic E-state index is 11.9. The minimum absolute atomic E-state index is 0.248. The highest BCUT2D eigenvalue weighted by Gasteiger charge is 2.35. The van der Waals surface area contributed by atoms with Crippen molar-refractivity contribution in [1.82, 2.24) is 10.2 Å². The number of nitrogens with zero attached hydrogens (tertiary/aromatic N) is 2. The van der Waals surface area contributed by atoms with E-state index in [-0.39, 0.29) is 11.9 Å². The van der Waals surface area contributed by atoms with Gasteiger partial charge in [-0.2, -0.15) is 13.2 Å². The first-order chi connectivity index (χ1) is 6.43. The van der Waals surface area contributed by atoms with E-state index in [0.717, 1.165) is 0 Å². The summed E-state index contributed by atoms with van der Waals surface area (Å²) in [4.78, 5) is -1.30. The minimum atomic E-state index is -4.59. The second-order valence-corrected chi connectivity index (χ2v) is 2.71. The number of aromatic nitrogens is 2. The smallest absolute Gasteiger partial charge is 0.408 e. The summed E-state index contributed by atoms with van der Waals surface area (Å²) in [6.45, 7) is 1.74. The van der Waals surface area contributed by atoms with Crippen LogP contribution in [-0.4, -0.2) is 21.4 Å². The van der Waals surface area contributed by atoms with Crippen LogP contribution < -0.4 is 5.32 Å². The lowest BCUT2D eigenvalue weighted by atomic mass is 10.5. The third kappa shape index (κ3) is 2.66. The highest BCUT2D eigenvalue weighted by Crippen LogP contribution is 2.18. The van der Waals surface area contributed by atoms with E-state index < -0.39 is 11.2 Å². The lowest BCUT2D eigenvalue weighted by Gasteiger charge is -2.06. The molecule has 0 unspecified atom stereocenters. The monoisotopic (exact) mass is 225 g/mol. The molecule has 0 saturated carbocycles. The van der Waals surface area contributed by atoms with Gasteiger partial charge in [-0.05, 0) is 0 Å². The van der Waals surface area contributed by atoms with E-state index in [1.165, 1.54) is 0 Å². The van der Waals surface area contributed by atoms with Crippen molar-refractivity contribution >= 4 is 23.2 Å². The van der Waals surface area contributed by atoms with Crippen molar-refractivity contribution in [2.45, 2.75) is 19.5 Å². The summed E-state index contributed by atoms with van der Waals surface area (Å²) in [5, 5.41) is 8.59. The van der Waals surface area contributed by atoms with Gasteiger partial charge in [0.05, 0.1) is 0 Å². The van der Waals surface area contributed by atoms with E-state index in [2.05, 4.69) is 22.4 Å². The zero-order chi connectivity index (χ0) is 10.8. The highest BCUT2D eigenvalue weighted by molar-refractivity contribution is 7.80. The SMILES string of the molecule is CCc1nnc(NC(=S)C(F)(F)F)o1. The predicted molar refractivity (Wildman–Crippen MR) is 46.0 cm³/mol. The van der Waals surface area contributed by atoms with Gasteiger partial charge in [-0.1, -0.05) is 24.2 Å². The molecule has 0 fully saturated rings. The number of alkyl halides is 3. The number of anilines is 1. The Labute approximate surface area is 82.5 Å². The van der Waals surface area contributed by atoms with E-state index in [4.69, 9.17) is 4.42 Å². The molecule has 0 aliphatic rings. The van der Waals surface area contributed by atoms with Crippen LogP contribution in [0.15, 0.2) is 4.42 Å². The molecule has 0 radical (unpaired) electrons. The zero-order valence-corrected chi connectivity index (χ0v) is 7.87. The first kappa shape index (κ1) is 10.9. The van der Waals surface area contributed by atoms with Crippen LogP contribution in [0.5, 0.6) is 0 Å². The largest absolute Gasteiger partial charge is 0.442 e. The Hall–Kier alpha value is -1.18. The molecule has 0 amide bonds. The quantitative estimate of drug-likeness (QED) is 0.779. The van der Waals surface area contributed by atoms with Crippen LogP contribution in [0.1, 0.15) is 12.8 Å². The van der Waals surface area contributed by atoms with Gasteiger partial charge in [0.25, 0.3) is 0 Å². The average Bonchev–Trinajstić information content (AvgIpc) is 2.50. The molecule has 0 bridgehead atoms. The van der Waals surface area contributed by atoms with Crippen LogP contribution in [0.2, 0.25) is 0 Å². The predicted octanol–water partition coefficient (Wildman–Crippen LogP) is 1.93. The van der Waals surface area contributed by atoms with Gasteiger partial charge in [0, 0.05) is 6.42 Å². The van der Waals surface area contributed by atoms with Gasteiger partial charge in [0.15, 0.2) is 4.99 Å². The van der Waals surface area contributed by atoms with Crippen LogP contribution in [0.4, 0.5) is 19.2 Å². The van der Waals surface area contributed by atoms with Gasteiger partial charge >= 0.3 is 12.2 Å². The second kappa shape index (κ2) is 3.91. The van der Waals surface area contributed by atoms with Crippen molar-refractivity contribution in [3.05, 3.63) is 5.89 Å². The second-order valence-electron chi connectivity index (χ2n) is 2.31. The molecular weight excluding hydrogens is 219 g/mol. The lowest BCUT2D eigenvalue weighted by Crippen LogP contribution is -2.28. The van der Waals surface area contributed by atoms with Crippen LogP contribution >= 0.6 is 12.2 Å². The summed E-state index contributed by atoms with van der Waals surface area (Å²) in [5.74, 6) is 0.248. The number of nitrogens with one attached hydrogen (secondary N) is 1. The first-order valence-electron chi connectivity index (χ1n) is 3.64. The van der Waals surface area contributed by atoms with E-state index in [9.17, 15) is 13.2 Å². The number of halogens is 3. The molecule has 1 N–H and O–H groups in total. The Morgan fingerprint density at radius 3 is 2.57 bits per heavy atom. The fraction of sp³-hybridized carbons (Fsp3) is 0.500. The standard InChI is InChI=1S/C6H6F3N3OS/c1-2-3-11-12-5(13-3)10-4(14)6(7,8)9/h2H2,1H3,(H,10,12,14). The van der Waals surface area contributed by atoms with Crippen molar-refractivity contribution in [1.29, 1.82) is 0 Å². The third-order valence-electron chi connectivity index (χ3n) is 1.25. The molecule has 0 atom stereocenters. The highest BCUT2D eigenvalue weighted by atomic mass is 32.1. The maximum Gasteiger partial charge on any atom is 0.442 e. The molecule has 4 nitrogen and oxygen atoms in total. The number of hydrogen-bond acceptors (Lipinski definition) is 4. The molecule has 14 heavy (non-hydrogen) atoms. The fourth-order valence-corrected chi connectivity index (χ4v) is 0.702. The number of aryl methyl sites for hydroxylation is 1. The topological polar surface area (TPSA) is 51.0 Å². The van der Waals surface area contributed by atoms with Gasteiger partial charge in [0.1, 0.15) is 0 Å². The maximum atomic E-state index is 11.9. The van der Waals surface area contributed by atoms with Gasteiger partial charge in [-0.15, -0.1) is 5.10 Å². The van der Waals surface area contributed by atoms with Crippen molar-refractivity contribution in [2.24, 2.45) is 0 Å². The zero-order valence-electron chi connectivity index (χ0n) is 7.05. The van der Waals surface area contributed by atoms with Gasteiger partial charge in [-0.25, -0.2) is 0 Å². The Morgan fingerprint density at radius 1 is 1.50 bits per heavy atom. The van der Waals surface area contributed by atoms with Gasteiger partial charge < -0.3 is 4.42 Å². The molecular formula is C6H6F3N3OS. The molecule has 1 rings (SSSR count). The summed E-state index contributed by atoms with van der Waals surface area (Å²) in [7, 11) is 0. The first-order valence-corrected chi connectivity index (χ1v) is 4.05. The van der Waals surface area contributed by atoms with Crippen molar-refractivity contribution in [2.75, 3.05) is 5.32 Å². The Balaban J connectivity index is 2.65. The van der Waals surface area contributed by atoms with Crippen LogP contribution in [-0.2, 0) is 6.42 Å². The third-order valence-corrected chi connectivity index (χ3v) is 1.58. The molecule has 1 aromatic heterocycles. The minimum Gasteiger partial charge on any atom is -0.408 e. The summed E-state index contributed by atoms with van der Waals surface area (Å²) >= 11 is 4.05. The van der Waals surface area contributed by atoms with E-state index >= 15 is 0 Å². The summed E-state index contributed by atoms with van der Waals surface area (Å²) in [6.07, 6.45) is -4.14. The van der Waals surface area contributed by atoms with Crippen molar-refractivity contribution in [3.63, 3.8) is 0 Å². The van der Waals surface area contributed by atoms with Gasteiger partial charge in [0.2, 0.25) is 5.89 Å². The Morgan fingerprint density at radius 2 is 2.14 bits per heavy atom. The Kier molecular flexibility index (Phi) is 3.04. The fourth-order valence-electron chi connectivity index (χ4n) is 0.615. The molecule has 8 heteroatoms. The van der Waals surface area contributed by atoms with Gasteiger partial charge in [-0.3, -0.25) is 5.32 Å². The van der Waals surface area contributed by atoms with E-state index in [1.54, 1.807) is 12.2 Å². The molecule has 0 aromatic carbocycles. The molecule has 1 aromatic rings. The van der Waals surface area contributed by atoms with Crippen molar-refractivity contribution < 1.29 is 17.6 Å². The number of rotatable bonds is 2. The lowest BCUT2D eigenvalue weighted by molar-refractivity contribution is -0.0563. The molecule has 0 aliphatic carbocycles. The normalized spacial score (nSPS) is 11.4. The number of thiocarbonyl (C=S) groups is 1. The molecule has 0 spiro atoms. The van der Waals surface area contributed by atoms with Crippen LogP contribution in [0, 0.1) is 0 Å². The average molecular weight is 225 g/mol. The summed E-state index contributed by atoms with van der Waals surface area (Å²) in [6, 6.07) is -0.343. The number of hydrogen-bond donors (Lipinski definition) is 1. The van der Waals surface area contributed by atoms with E-state index in [0.29, 0.717) is 6.42 Å². The summed E-state index contributed by atoms with van der Waals surface area (Å²) in [5.41, 5.74) is 0. The van der Waals surface area contributed by atoms with Crippen LogP contribution in [0.3, 0.4) is 0 Å². The van der Waals surface area contributed by atoms with Crippen LogP contribution in [0.25, 0.3) is 0 Å².